The predicted molar refractivity (Wildman–Crippen MR) is 57.5 cm³/mol. The maximum atomic E-state index is 5.26. The molecular formula is C11H12N4O. The molecule has 5 heteroatoms. The molecule has 16 heavy (non-hydrogen) atoms. The third-order valence-electron chi connectivity index (χ3n) is 2.74. The van der Waals surface area contributed by atoms with Gasteiger partial charge in [0.05, 0.1) is 6.04 Å². The van der Waals surface area contributed by atoms with Gasteiger partial charge in [-0.2, -0.15) is 4.98 Å². The van der Waals surface area contributed by atoms with Crippen LogP contribution in [0.5, 0.6) is 0 Å². The van der Waals surface area contributed by atoms with E-state index in [0.29, 0.717) is 11.7 Å². The summed E-state index contributed by atoms with van der Waals surface area (Å²) in [5, 5.41) is 7.31. The fraction of sp³-hybridized carbons (Fsp3) is 0.364. The predicted octanol–water partition coefficient (Wildman–Crippen LogP) is 1.56. The van der Waals surface area contributed by atoms with Crippen LogP contribution in [0.2, 0.25) is 0 Å². The zero-order valence-electron chi connectivity index (χ0n) is 8.76. The third kappa shape index (κ3) is 1.69. The number of pyridine rings is 1. The van der Waals surface area contributed by atoms with Gasteiger partial charge in [-0.3, -0.25) is 4.98 Å². The summed E-state index contributed by atoms with van der Waals surface area (Å²) in [5.41, 5.74) is 0.933. The lowest BCUT2D eigenvalue weighted by Crippen LogP contribution is -2.12. The quantitative estimate of drug-likeness (QED) is 0.825. The Morgan fingerprint density at radius 3 is 2.94 bits per heavy atom. The van der Waals surface area contributed by atoms with E-state index in [0.717, 1.165) is 24.9 Å². The Bertz CT molecular complexity index is 462. The third-order valence-corrected chi connectivity index (χ3v) is 2.74. The lowest BCUT2D eigenvalue weighted by Gasteiger charge is -2.01. The average Bonchev–Trinajstić information content (AvgIpc) is 3.01. The molecule has 82 valence electrons. The zero-order chi connectivity index (χ0) is 10.8. The Balaban J connectivity index is 1.87. The molecule has 0 amide bonds. The van der Waals surface area contributed by atoms with Gasteiger partial charge in [0, 0.05) is 18.0 Å². The van der Waals surface area contributed by atoms with Gasteiger partial charge in [0.25, 0.3) is 0 Å². The van der Waals surface area contributed by atoms with Crippen molar-refractivity contribution in [2.75, 3.05) is 6.54 Å². The molecule has 3 rings (SSSR count). The first-order valence-electron chi connectivity index (χ1n) is 5.41. The summed E-state index contributed by atoms with van der Waals surface area (Å²) in [6, 6.07) is 3.97. The fourth-order valence-corrected chi connectivity index (χ4v) is 1.89. The van der Waals surface area contributed by atoms with Crippen molar-refractivity contribution in [3.05, 3.63) is 30.4 Å². The second-order valence-electron chi connectivity index (χ2n) is 3.84. The van der Waals surface area contributed by atoms with Gasteiger partial charge < -0.3 is 9.84 Å². The smallest absolute Gasteiger partial charge is 0.244 e. The minimum absolute atomic E-state index is 0.225. The Labute approximate surface area is 92.9 Å². The number of aromatic nitrogens is 3. The van der Waals surface area contributed by atoms with Gasteiger partial charge in [-0.05, 0) is 31.5 Å². The van der Waals surface area contributed by atoms with Crippen LogP contribution in [0.15, 0.2) is 29.0 Å². The van der Waals surface area contributed by atoms with Crippen LogP contribution >= 0.6 is 0 Å². The van der Waals surface area contributed by atoms with E-state index in [4.69, 9.17) is 4.52 Å². The summed E-state index contributed by atoms with van der Waals surface area (Å²) in [4.78, 5) is 8.35. The molecule has 0 spiro atoms. The lowest BCUT2D eigenvalue weighted by atomic mass is 10.2. The maximum absolute atomic E-state index is 5.26. The normalized spacial score (nSPS) is 20.1. The molecule has 0 bridgehead atoms. The first-order valence-corrected chi connectivity index (χ1v) is 5.41. The minimum Gasteiger partial charge on any atom is -0.337 e. The first kappa shape index (κ1) is 9.47. The van der Waals surface area contributed by atoms with Crippen molar-refractivity contribution in [1.29, 1.82) is 0 Å². The van der Waals surface area contributed by atoms with Crippen molar-refractivity contribution in [2.24, 2.45) is 0 Å². The van der Waals surface area contributed by atoms with Crippen LogP contribution in [0.3, 0.4) is 0 Å². The van der Waals surface area contributed by atoms with E-state index in [-0.39, 0.29) is 6.04 Å². The second kappa shape index (κ2) is 4.02. The summed E-state index contributed by atoms with van der Waals surface area (Å²) in [6.45, 7) is 1.03. The standard InChI is InChI=1S/C11H12N4O/c1-2-9(13-5-1)11-14-10(15-16-11)8-3-6-12-7-4-8/h3-4,6-7,9,13H,1-2,5H2/t9-/m0/s1. The highest BCUT2D eigenvalue weighted by Crippen LogP contribution is 2.23. The summed E-state index contributed by atoms with van der Waals surface area (Å²) < 4.78 is 5.26. The molecule has 0 saturated carbocycles. The molecule has 1 fully saturated rings. The Hall–Kier alpha value is -1.75. The molecule has 2 aromatic rings. The minimum atomic E-state index is 0.225. The maximum Gasteiger partial charge on any atom is 0.244 e. The van der Waals surface area contributed by atoms with Crippen LogP contribution in [0.1, 0.15) is 24.8 Å². The van der Waals surface area contributed by atoms with Gasteiger partial charge in [-0.1, -0.05) is 5.16 Å². The Morgan fingerprint density at radius 2 is 2.19 bits per heavy atom. The van der Waals surface area contributed by atoms with Gasteiger partial charge >= 0.3 is 0 Å². The van der Waals surface area contributed by atoms with E-state index in [9.17, 15) is 0 Å². The molecule has 0 radical (unpaired) electrons. The molecule has 3 heterocycles. The zero-order valence-corrected chi connectivity index (χ0v) is 8.76. The fourth-order valence-electron chi connectivity index (χ4n) is 1.89. The summed E-state index contributed by atoms with van der Waals surface area (Å²) in [6.07, 6.45) is 5.67. The molecule has 0 aromatic carbocycles. The first-order chi connectivity index (χ1) is 7.93. The lowest BCUT2D eigenvalue weighted by molar-refractivity contribution is 0.345. The molecule has 1 N–H and O–H groups in total. The Kier molecular flexibility index (Phi) is 2.38. The van der Waals surface area contributed by atoms with E-state index in [2.05, 4.69) is 20.4 Å². The van der Waals surface area contributed by atoms with Gasteiger partial charge in [0.2, 0.25) is 11.7 Å². The SMILES string of the molecule is c1cc(-c2noc([C@@H]3CCCN3)n2)ccn1. The molecule has 5 nitrogen and oxygen atoms in total. The summed E-state index contributed by atoms with van der Waals surface area (Å²) in [7, 11) is 0. The molecule has 1 saturated heterocycles. The van der Waals surface area contributed by atoms with E-state index in [1.807, 2.05) is 12.1 Å². The highest BCUT2D eigenvalue weighted by atomic mass is 16.5. The van der Waals surface area contributed by atoms with Crippen LogP contribution in [-0.2, 0) is 0 Å². The summed E-state index contributed by atoms with van der Waals surface area (Å²) >= 11 is 0. The van der Waals surface area contributed by atoms with Crippen LogP contribution in [0.4, 0.5) is 0 Å². The van der Waals surface area contributed by atoms with E-state index >= 15 is 0 Å². The molecule has 0 unspecified atom stereocenters. The molecule has 1 aliphatic heterocycles. The van der Waals surface area contributed by atoms with Crippen LogP contribution < -0.4 is 5.32 Å². The number of hydrogen-bond donors (Lipinski definition) is 1. The second-order valence-corrected chi connectivity index (χ2v) is 3.84. The van der Waals surface area contributed by atoms with Crippen LogP contribution in [0.25, 0.3) is 11.4 Å². The Morgan fingerprint density at radius 1 is 1.31 bits per heavy atom. The molecule has 0 aliphatic carbocycles. The van der Waals surface area contributed by atoms with Crippen molar-refractivity contribution in [1.82, 2.24) is 20.4 Å². The molecule has 1 atom stereocenters. The molecular weight excluding hydrogens is 204 g/mol. The van der Waals surface area contributed by atoms with Gasteiger partial charge in [-0.15, -0.1) is 0 Å². The number of nitrogens with zero attached hydrogens (tertiary/aromatic N) is 3. The summed E-state index contributed by atoms with van der Waals surface area (Å²) in [5.74, 6) is 1.32. The van der Waals surface area contributed by atoms with Gasteiger partial charge in [-0.25, -0.2) is 0 Å². The van der Waals surface area contributed by atoms with Crippen molar-refractivity contribution in [2.45, 2.75) is 18.9 Å². The number of nitrogens with one attached hydrogen (secondary N) is 1. The molecule has 1 aliphatic rings. The van der Waals surface area contributed by atoms with Crippen molar-refractivity contribution in [3.63, 3.8) is 0 Å². The molecule has 2 aromatic heterocycles. The number of rotatable bonds is 2. The highest BCUT2D eigenvalue weighted by Gasteiger charge is 2.22. The van der Waals surface area contributed by atoms with E-state index in [1.165, 1.54) is 0 Å². The topological polar surface area (TPSA) is 63.8 Å². The van der Waals surface area contributed by atoms with Gasteiger partial charge in [0.15, 0.2) is 0 Å². The number of hydrogen-bond acceptors (Lipinski definition) is 5. The average molecular weight is 216 g/mol. The van der Waals surface area contributed by atoms with E-state index in [1.54, 1.807) is 12.4 Å². The van der Waals surface area contributed by atoms with Crippen molar-refractivity contribution < 1.29 is 4.52 Å². The van der Waals surface area contributed by atoms with Crippen LogP contribution in [0, 0.1) is 0 Å². The highest BCUT2D eigenvalue weighted by molar-refractivity contribution is 5.52. The largest absolute Gasteiger partial charge is 0.337 e. The van der Waals surface area contributed by atoms with Crippen molar-refractivity contribution in [3.8, 4) is 11.4 Å². The van der Waals surface area contributed by atoms with E-state index < -0.39 is 0 Å². The van der Waals surface area contributed by atoms with Gasteiger partial charge in [0.1, 0.15) is 0 Å². The van der Waals surface area contributed by atoms with Crippen molar-refractivity contribution >= 4 is 0 Å². The monoisotopic (exact) mass is 216 g/mol. The van der Waals surface area contributed by atoms with Crippen LogP contribution in [-0.4, -0.2) is 21.7 Å².